The maximum Gasteiger partial charge on any atom is 0.250 e. The summed E-state index contributed by atoms with van der Waals surface area (Å²) in [6, 6.07) is 8.82. The minimum absolute atomic E-state index is 0.0452. The van der Waals surface area contributed by atoms with Gasteiger partial charge in [0.15, 0.2) is 0 Å². The number of hydrogen-bond donors (Lipinski definition) is 2. The highest BCUT2D eigenvalue weighted by atomic mass is 19.1. The third-order valence-electron chi connectivity index (χ3n) is 7.13. The topological polar surface area (TPSA) is 66.4 Å². The number of rotatable bonds is 3. The molecule has 7 heteroatoms. The Labute approximate surface area is 181 Å². The Morgan fingerprint density at radius 3 is 2.90 bits per heavy atom. The average molecular weight is 425 g/mol. The van der Waals surface area contributed by atoms with Crippen molar-refractivity contribution >= 4 is 11.6 Å². The Hall–Kier alpha value is -2.67. The number of hydrogen-bond acceptors (Lipinski definition) is 4. The third-order valence-corrected chi connectivity index (χ3v) is 7.13. The maximum atomic E-state index is 14.2. The zero-order valence-corrected chi connectivity index (χ0v) is 17.9. The van der Waals surface area contributed by atoms with Gasteiger partial charge in [-0.15, -0.1) is 0 Å². The maximum absolute atomic E-state index is 14.2. The summed E-state index contributed by atoms with van der Waals surface area (Å²) in [5.41, 5.74) is 3.49. The van der Waals surface area contributed by atoms with E-state index in [-0.39, 0.29) is 23.3 Å². The molecule has 1 saturated carbocycles. The summed E-state index contributed by atoms with van der Waals surface area (Å²) in [6.07, 6.45) is 4.46. The largest absolute Gasteiger partial charge is 0.373 e. The first-order valence-corrected chi connectivity index (χ1v) is 11.3. The molecule has 2 aromatic rings. The van der Waals surface area contributed by atoms with Crippen molar-refractivity contribution in [1.82, 2.24) is 14.8 Å². The number of benzene rings is 1. The molecule has 164 valence electrons. The zero-order valence-electron chi connectivity index (χ0n) is 17.9. The average Bonchev–Trinajstić information content (AvgIpc) is 3.24. The van der Waals surface area contributed by atoms with Gasteiger partial charge in [0.05, 0.1) is 0 Å². The molecule has 1 aromatic carbocycles. The summed E-state index contributed by atoms with van der Waals surface area (Å²) < 4.78 is 16.0. The summed E-state index contributed by atoms with van der Waals surface area (Å²) in [7, 11) is 0. The molecule has 1 unspecified atom stereocenters. The molecular weight excluding hydrogens is 395 g/mol. The molecule has 2 N–H and O–H groups in total. The molecule has 31 heavy (non-hydrogen) atoms. The van der Waals surface area contributed by atoms with Crippen molar-refractivity contribution in [3.05, 3.63) is 63.3 Å². The highest BCUT2D eigenvalue weighted by molar-refractivity contribution is 5.88. The predicted octanol–water partition coefficient (Wildman–Crippen LogP) is 2.58. The van der Waals surface area contributed by atoms with E-state index >= 15 is 0 Å². The van der Waals surface area contributed by atoms with Crippen LogP contribution in [0.15, 0.2) is 35.1 Å². The van der Waals surface area contributed by atoms with Crippen LogP contribution in [0, 0.1) is 12.7 Å². The van der Waals surface area contributed by atoms with Gasteiger partial charge in [-0.3, -0.25) is 14.5 Å². The van der Waals surface area contributed by atoms with Crippen LogP contribution in [0.2, 0.25) is 0 Å². The smallest absolute Gasteiger partial charge is 0.250 e. The van der Waals surface area contributed by atoms with E-state index in [1.807, 2.05) is 23.6 Å². The lowest BCUT2D eigenvalue weighted by molar-refractivity contribution is -0.122. The minimum atomic E-state index is -0.417. The number of anilines is 1. The van der Waals surface area contributed by atoms with Gasteiger partial charge in [-0.05, 0) is 50.3 Å². The predicted molar refractivity (Wildman–Crippen MR) is 118 cm³/mol. The second kappa shape index (κ2) is 8.11. The number of aryl methyl sites for hydroxylation is 1. The van der Waals surface area contributed by atoms with Crippen molar-refractivity contribution in [2.45, 2.75) is 70.2 Å². The molecule has 3 atom stereocenters. The summed E-state index contributed by atoms with van der Waals surface area (Å²) in [4.78, 5) is 27.4. The van der Waals surface area contributed by atoms with Gasteiger partial charge in [0.25, 0.3) is 5.56 Å². The molecule has 1 fully saturated rings. The van der Waals surface area contributed by atoms with Crippen LogP contribution in [-0.4, -0.2) is 40.0 Å². The minimum Gasteiger partial charge on any atom is -0.373 e. The van der Waals surface area contributed by atoms with Crippen molar-refractivity contribution in [2.75, 3.05) is 11.9 Å². The summed E-state index contributed by atoms with van der Waals surface area (Å²) in [6.45, 7) is 4.29. The number of halogens is 1. The molecule has 1 amide bonds. The number of pyridine rings is 1. The first-order chi connectivity index (χ1) is 15.0. The Balaban J connectivity index is 1.21. The second-order valence-corrected chi connectivity index (χ2v) is 9.12. The van der Waals surface area contributed by atoms with Crippen LogP contribution in [-0.2, 0) is 24.3 Å². The number of nitrogens with zero attached hydrogens (tertiary/aromatic N) is 2. The first-order valence-electron chi connectivity index (χ1n) is 11.3. The number of fused-ring (bicyclic) bond motifs is 2. The van der Waals surface area contributed by atoms with E-state index in [2.05, 4.69) is 15.5 Å². The van der Waals surface area contributed by atoms with E-state index in [1.165, 1.54) is 6.07 Å². The fourth-order valence-electron chi connectivity index (χ4n) is 5.44. The van der Waals surface area contributed by atoms with Gasteiger partial charge in [0.2, 0.25) is 5.91 Å². The lowest BCUT2D eigenvalue weighted by Crippen LogP contribution is -2.51. The van der Waals surface area contributed by atoms with Crippen LogP contribution >= 0.6 is 0 Å². The third kappa shape index (κ3) is 3.87. The molecule has 0 saturated heterocycles. The van der Waals surface area contributed by atoms with Gasteiger partial charge in [0.1, 0.15) is 11.9 Å². The SMILES string of the molecule is Cc1ccc(F)c2c1NC(C(=O)N[C@@H]1CCC[C@@H](N3CCn4c(cccc4=O)C3)C1)C2. The van der Waals surface area contributed by atoms with Gasteiger partial charge in [-0.2, -0.15) is 0 Å². The van der Waals surface area contributed by atoms with Crippen molar-refractivity contribution in [2.24, 2.45) is 0 Å². The van der Waals surface area contributed by atoms with Crippen LogP contribution in [0.4, 0.5) is 10.1 Å². The van der Waals surface area contributed by atoms with Crippen LogP contribution in [0.3, 0.4) is 0 Å². The van der Waals surface area contributed by atoms with Gasteiger partial charge < -0.3 is 15.2 Å². The summed E-state index contributed by atoms with van der Waals surface area (Å²) >= 11 is 0. The molecule has 3 heterocycles. The standard InChI is InChI=1S/C24H29FN4O2/c1-15-8-9-20(25)19-13-21(27-23(15)19)24(31)26-16-4-2-5-17(12-16)28-10-11-29-18(14-28)6-3-7-22(29)30/h3,6-9,16-17,21,27H,2,4-5,10-14H2,1H3,(H,26,31)/t16-,17-,21?/m1/s1. The second-order valence-electron chi connectivity index (χ2n) is 9.12. The van der Waals surface area contributed by atoms with Crippen LogP contribution in [0.25, 0.3) is 0 Å². The molecule has 0 bridgehead atoms. The molecule has 5 rings (SSSR count). The normalized spacial score (nSPS) is 25.4. The van der Waals surface area contributed by atoms with Crippen molar-refractivity contribution < 1.29 is 9.18 Å². The number of aromatic nitrogens is 1. The number of carbonyl (C=O) groups is 1. The fourth-order valence-corrected chi connectivity index (χ4v) is 5.44. The lowest BCUT2D eigenvalue weighted by Gasteiger charge is -2.40. The monoisotopic (exact) mass is 424 g/mol. The van der Waals surface area contributed by atoms with Crippen LogP contribution in [0.1, 0.15) is 42.5 Å². The number of amides is 1. The Morgan fingerprint density at radius 2 is 2.06 bits per heavy atom. The van der Waals surface area contributed by atoms with Gasteiger partial charge in [-0.1, -0.05) is 12.1 Å². The fraction of sp³-hybridized carbons (Fsp3) is 0.500. The van der Waals surface area contributed by atoms with Gasteiger partial charge >= 0.3 is 0 Å². The zero-order chi connectivity index (χ0) is 21.5. The first kappa shape index (κ1) is 20.2. The van der Waals surface area contributed by atoms with E-state index in [0.717, 1.165) is 62.3 Å². The lowest BCUT2D eigenvalue weighted by atomic mass is 9.89. The van der Waals surface area contributed by atoms with Crippen molar-refractivity contribution in [1.29, 1.82) is 0 Å². The van der Waals surface area contributed by atoms with E-state index in [4.69, 9.17) is 0 Å². The van der Waals surface area contributed by atoms with E-state index in [1.54, 1.807) is 12.1 Å². The number of nitrogens with one attached hydrogen (secondary N) is 2. The van der Waals surface area contributed by atoms with Crippen molar-refractivity contribution in [3.8, 4) is 0 Å². The molecule has 1 aromatic heterocycles. The quantitative estimate of drug-likeness (QED) is 0.795. The van der Waals surface area contributed by atoms with Gasteiger partial charge in [-0.25, -0.2) is 4.39 Å². The molecule has 0 spiro atoms. The molecule has 0 radical (unpaired) electrons. The van der Waals surface area contributed by atoms with E-state index in [0.29, 0.717) is 18.0 Å². The summed E-state index contributed by atoms with van der Waals surface area (Å²) in [5.74, 6) is -0.290. The molecule has 3 aliphatic rings. The molecule has 6 nitrogen and oxygen atoms in total. The van der Waals surface area contributed by atoms with Crippen LogP contribution in [0.5, 0.6) is 0 Å². The Morgan fingerprint density at radius 1 is 1.19 bits per heavy atom. The van der Waals surface area contributed by atoms with Crippen molar-refractivity contribution in [3.63, 3.8) is 0 Å². The molecular formula is C24H29FN4O2. The van der Waals surface area contributed by atoms with Crippen LogP contribution < -0.4 is 16.2 Å². The van der Waals surface area contributed by atoms with E-state index < -0.39 is 6.04 Å². The Bertz CT molecular complexity index is 1040. The summed E-state index contributed by atoms with van der Waals surface area (Å²) in [5, 5.41) is 6.46. The number of carbonyl (C=O) groups excluding carboxylic acids is 1. The van der Waals surface area contributed by atoms with E-state index in [9.17, 15) is 14.0 Å². The Kier molecular flexibility index (Phi) is 5.30. The molecule has 1 aliphatic carbocycles. The molecule has 2 aliphatic heterocycles. The highest BCUT2D eigenvalue weighted by Gasteiger charge is 2.34. The highest BCUT2D eigenvalue weighted by Crippen LogP contribution is 2.32. The van der Waals surface area contributed by atoms with Gasteiger partial charge in [0, 0.05) is 61.1 Å².